The Morgan fingerprint density at radius 3 is 3.09 bits per heavy atom. The molecule has 0 amide bonds. The van der Waals surface area contributed by atoms with Gasteiger partial charge in [0.05, 0.1) is 0 Å². The summed E-state index contributed by atoms with van der Waals surface area (Å²) in [6.07, 6.45) is 4.78. The Hall–Kier alpha value is -0.0800. The van der Waals surface area contributed by atoms with E-state index in [9.17, 15) is 0 Å². The predicted octanol–water partition coefficient (Wildman–Crippen LogP) is 1.35. The minimum Gasteiger partial charge on any atom is -0.381 e. The van der Waals surface area contributed by atoms with Gasteiger partial charge in [0.25, 0.3) is 0 Å². The summed E-state index contributed by atoms with van der Waals surface area (Å²) in [5.41, 5.74) is 5.61. The Kier molecular flexibility index (Phi) is 3.87. The molecule has 1 aliphatic rings. The molecule has 1 saturated heterocycles. The van der Waals surface area contributed by atoms with Gasteiger partial charge in [-0.1, -0.05) is 6.42 Å². The van der Waals surface area contributed by atoms with Crippen LogP contribution in [0.3, 0.4) is 0 Å². The summed E-state index contributed by atoms with van der Waals surface area (Å²) in [4.78, 5) is 0. The van der Waals surface area contributed by atoms with Crippen molar-refractivity contribution >= 4 is 0 Å². The third kappa shape index (κ3) is 3.73. The number of hydrogen-bond acceptors (Lipinski definition) is 2. The molecule has 0 unspecified atom stereocenters. The van der Waals surface area contributed by atoms with E-state index >= 15 is 0 Å². The minimum atomic E-state index is 0.0849. The fourth-order valence-electron chi connectivity index (χ4n) is 1.58. The summed E-state index contributed by atoms with van der Waals surface area (Å²) in [6, 6.07) is 0.0849. The molecule has 2 atom stereocenters. The van der Waals surface area contributed by atoms with Gasteiger partial charge in [0.1, 0.15) is 0 Å². The number of hydrogen-bond donors (Lipinski definition) is 1. The van der Waals surface area contributed by atoms with Crippen molar-refractivity contribution in [2.45, 2.75) is 31.7 Å². The summed E-state index contributed by atoms with van der Waals surface area (Å²) >= 11 is 0. The lowest BCUT2D eigenvalue weighted by molar-refractivity contribution is 0.112. The van der Waals surface area contributed by atoms with Gasteiger partial charge in [0.2, 0.25) is 0 Å². The highest BCUT2D eigenvalue weighted by atomic mass is 16.5. The molecule has 2 N–H and O–H groups in total. The zero-order chi connectivity index (χ0) is 8.10. The van der Waals surface area contributed by atoms with Gasteiger partial charge in [-0.3, -0.25) is 0 Å². The van der Waals surface area contributed by atoms with E-state index in [1.165, 1.54) is 19.3 Å². The molecule has 0 bridgehead atoms. The van der Waals surface area contributed by atoms with E-state index in [1.54, 1.807) is 0 Å². The van der Waals surface area contributed by atoms with Gasteiger partial charge in [0.15, 0.2) is 0 Å². The smallest absolute Gasteiger partial charge is 0.0494 e. The maximum atomic E-state index is 5.61. The minimum absolute atomic E-state index is 0.0849. The quantitative estimate of drug-likeness (QED) is 0.655. The van der Waals surface area contributed by atoms with Gasteiger partial charge < -0.3 is 10.5 Å². The molecule has 0 aliphatic carbocycles. The van der Waals surface area contributed by atoms with Gasteiger partial charge in [-0.2, -0.15) is 0 Å². The molecule has 1 rings (SSSR count). The lowest BCUT2D eigenvalue weighted by atomic mass is 9.97. The Bertz CT molecular complexity index is 95.7. The second-order valence-corrected chi connectivity index (χ2v) is 3.43. The predicted molar refractivity (Wildman–Crippen MR) is 46.1 cm³/mol. The molecule has 0 aromatic rings. The molecular formula is C9H18NO. The van der Waals surface area contributed by atoms with Crippen LogP contribution in [0.5, 0.6) is 0 Å². The molecule has 1 fully saturated rings. The SMILES string of the molecule is [CH2][C@H](N)C[C@H]1CCCCOC1. The Labute approximate surface area is 69.1 Å². The van der Waals surface area contributed by atoms with E-state index in [-0.39, 0.29) is 6.04 Å². The van der Waals surface area contributed by atoms with Gasteiger partial charge >= 0.3 is 0 Å². The highest BCUT2D eigenvalue weighted by molar-refractivity contribution is 4.71. The van der Waals surface area contributed by atoms with Crippen LogP contribution in [0.1, 0.15) is 25.7 Å². The molecule has 1 heterocycles. The van der Waals surface area contributed by atoms with Crippen LogP contribution in [0.2, 0.25) is 0 Å². The van der Waals surface area contributed by atoms with Crippen LogP contribution < -0.4 is 5.73 Å². The molecule has 0 aromatic heterocycles. The van der Waals surface area contributed by atoms with E-state index < -0.39 is 0 Å². The average molecular weight is 156 g/mol. The molecule has 2 nitrogen and oxygen atoms in total. The van der Waals surface area contributed by atoms with Crippen molar-refractivity contribution in [1.29, 1.82) is 0 Å². The van der Waals surface area contributed by atoms with E-state index in [1.807, 2.05) is 0 Å². The Morgan fingerprint density at radius 1 is 1.55 bits per heavy atom. The van der Waals surface area contributed by atoms with Crippen LogP contribution >= 0.6 is 0 Å². The van der Waals surface area contributed by atoms with Crippen molar-refractivity contribution in [3.05, 3.63) is 6.92 Å². The first kappa shape index (κ1) is 9.01. The van der Waals surface area contributed by atoms with Crippen LogP contribution in [0.25, 0.3) is 0 Å². The lowest BCUT2D eigenvalue weighted by Gasteiger charge is -2.15. The highest BCUT2D eigenvalue weighted by Gasteiger charge is 2.13. The molecule has 0 saturated carbocycles. The molecule has 1 aliphatic heterocycles. The largest absolute Gasteiger partial charge is 0.381 e. The monoisotopic (exact) mass is 156 g/mol. The van der Waals surface area contributed by atoms with E-state index in [2.05, 4.69) is 6.92 Å². The normalized spacial score (nSPS) is 29.5. The molecule has 2 heteroatoms. The molecule has 1 radical (unpaired) electrons. The lowest BCUT2D eigenvalue weighted by Crippen LogP contribution is -2.22. The first-order chi connectivity index (χ1) is 5.29. The molecular weight excluding hydrogens is 138 g/mol. The third-order valence-corrected chi connectivity index (χ3v) is 2.14. The summed E-state index contributed by atoms with van der Waals surface area (Å²) in [5, 5.41) is 0. The number of ether oxygens (including phenoxy) is 1. The number of nitrogens with two attached hydrogens (primary N) is 1. The van der Waals surface area contributed by atoms with Crippen molar-refractivity contribution in [3.8, 4) is 0 Å². The van der Waals surface area contributed by atoms with Crippen LogP contribution in [0.15, 0.2) is 0 Å². The van der Waals surface area contributed by atoms with Crippen molar-refractivity contribution in [3.63, 3.8) is 0 Å². The standard InChI is InChI=1S/C9H18NO/c1-8(10)6-9-4-2-3-5-11-7-9/h8-9H,1-7,10H2/t8-,9+/m0/s1. The van der Waals surface area contributed by atoms with Gasteiger partial charge in [-0.05, 0) is 32.1 Å². The van der Waals surface area contributed by atoms with Gasteiger partial charge in [-0.15, -0.1) is 0 Å². The summed E-state index contributed by atoms with van der Waals surface area (Å²) in [7, 11) is 0. The van der Waals surface area contributed by atoms with Crippen molar-refractivity contribution in [2.24, 2.45) is 11.7 Å². The second-order valence-electron chi connectivity index (χ2n) is 3.43. The van der Waals surface area contributed by atoms with E-state index in [4.69, 9.17) is 10.5 Å². The summed E-state index contributed by atoms with van der Waals surface area (Å²) in [5.74, 6) is 0.657. The van der Waals surface area contributed by atoms with Crippen molar-refractivity contribution in [2.75, 3.05) is 13.2 Å². The molecule has 65 valence electrons. The topological polar surface area (TPSA) is 35.2 Å². The third-order valence-electron chi connectivity index (χ3n) is 2.14. The first-order valence-electron chi connectivity index (χ1n) is 4.45. The van der Waals surface area contributed by atoms with Crippen LogP contribution in [0, 0.1) is 12.8 Å². The van der Waals surface area contributed by atoms with Crippen LogP contribution in [-0.2, 0) is 4.74 Å². The van der Waals surface area contributed by atoms with Gasteiger partial charge in [-0.25, -0.2) is 0 Å². The van der Waals surface area contributed by atoms with Crippen molar-refractivity contribution < 1.29 is 4.74 Å². The van der Waals surface area contributed by atoms with E-state index in [0.717, 1.165) is 19.6 Å². The fourth-order valence-corrected chi connectivity index (χ4v) is 1.58. The zero-order valence-corrected chi connectivity index (χ0v) is 7.09. The molecule has 11 heavy (non-hydrogen) atoms. The molecule has 0 spiro atoms. The highest BCUT2D eigenvalue weighted by Crippen LogP contribution is 2.17. The number of rotatable bonds is 2. The summed E-state index contributed by atoms with van der Waals surface area (Å²) < 4.78 is 5.42. The van der Waals surface area contributed by atoms with Gasteiger partial charge in [0, 0.05) is 19.3 Å². The molecule has 0 aromatic carbocycles. The van der Waals surface area contributed by atoms with Crippen molar-refractivity contribution in [1.82, 2.24) is 0 Å². The maximum absolute atomic E-state index is 5.61. The van der Waals surface area contributed by atoms with Crippen LogP contribution in [-0.4, -0.2) is 19.3 Å². The average Bonchev–Trinajstić information content (AvgIpc) is 2.14. The fraction of sp³-hybridized carbons (Fsp3) is 0.889. The van der Waals surface area contributed by atoms with Crippen LogP contribution in [0.4, 0.5) is 0 Å². The maximum Gasteiger partial charge on any atom is 0.0494 e. The Balaban J connectivity index is 2.20. The first-order valence-corrected chi connectivity index (χ1v) is 4.45. The summed E-state index contributed by atoms with van der Waals surface area (Å²) in [6.45, 7) is 5.61. The van der Waals surface area contributed by atoms with E-state index in [0.29, 0.717) is 5.92 Å². The zero-order valence-electron chi connectivity index (χ0n) is 7.09. The second kappa shape index (κ2) is 4.73. The Morgan fingerprint density at radius 2 is 2.36 bits per heavy atom.